The Balaban J connectivity index is 2.20. The topological polar surface area (TPSA) is 9.23 Å². The molecule has 0 bridgehead atoms. The van der Waals surface area contributed by atoms with E-state index in [1.165, 1.54) is 14.5 Å². The second kappa shape index (κ2) is 5.20. The Bertz CT molecular complexity index is 465. The van der Waals surface area contributed by atoms with Crippen molar-refractivity contribution >= 4 is 23.9 Å². The van der Waals surface area contributed by atoms with E-state index in [1.807, 2.05) is 0 Å². The molecule has 0 spiro atoms. The minimum absolute atomic E-state index is 0.387. The quantitative estimate of drug-likeness (QED) is 0.775. The van der Waals surface area contributed by atoms with Crippen LogP contribution in [0, 0.1) is 6.92 Å². The van der Waals surface area contributed by atoms with Gasteiger partial charge in [-0.05, 0) is 0 Å². The van der Waals surface area contributed by atoms with Gasteiger partial charge in [-0.1, -0.05) is 0 Å². The fraction of sp³-hybridized carbons (Fsp3) is 0.143. The predicted molar refractivity (Wildman–Crippen MR) is 69.2 cm³/mol. The van der Waals surface area contributed by atoms with E-state index in [0.717, 1.165) is 5.75 Å². The van der Waals surface area contributed by atoms with Crippen molar-refractivity contribution in [1.29, 1.82) is 0 Å². The van der Waals surface area contributed by atoms with Gasteiger partial charge >= 0.3 is 102 Å². The average Bonchev–Trinajstić information content (AvgIpc) is 2.31. The van der Waals surface area contributed by atoms with Gasteiger partial charge in [0.15, 0.2) is 0 Å². The van der Waals surface area contributed by atoms with Gasteiger partial charge in [-0.25, -0.2) is 0 Å². The number of hydrogen-bond acceptors (Lipinski definition) is 1. The van der Waals surface area contributed by atoms with Gasteiger partial charge < -0.3 is 0 Å². The fourth-order valence-electron chi connectivity index (χ4n) is 1.54. The van der Waals surface area contributed by atoms with Gasteiger partial charge in [0, 0.05) is 0 Å². The third kappa shape index (κ3) is 2.66. The van der Waals surface area contributed by atoms with E-state index in [1.54, 1.807) is 7.11 Å². The third-order valence-electron chi connectivity index (χ3n) is 2.35. The van der Waals surface area contributed by atoms with Crippen LogP contribution in [-0.2, 0) is 0 Å². The molecule has 0 amide bonds. The monoisotopic (exact) mass is 278 g/mol. The summed E-state index contributed by atoms with van der Waals surface area (Å²) >= 11 is 0.387. The summed E-state index contributed by atoms with van der Waals surface area (Å²) < 4.78 is 8.05. The molecular formula is C14H14OSe. The van der Waals surface area contributed by atoms with E-state index in [2.05, 4.69) is 55.5 Å². The van der Waals surface area contributed by atoms with Crippen molar-refractivity contribution in [2.24, 2.45) is 0 Å². The molecule has 0 fully saturated rings. The van der Waals surface area contributed by atoms with Crippen molar-refractivity contribution in [2.75, 3.05) is 7.11 Å². The van der Waals surface area contributed by atoms with Gasteiger partial charge in [-0.2, -0.15) is 0 Å². The number of ether oxygens (including phenoxy) is 1. The van der Waals surface area contributed by atoms with Crippen LogP contribution in [0.5, 0.6) is 5.75 Å². The van der Waals surface area contributed by atoms with Crippen LogP contribution in [0.1, 0.15) is 5.56 Å². The van der Waals surface area contributed by atoms with Crippen molar-refractivity contribution in [3.63, 3.8) is 0 Å². The van der Waals surface area contributed by atoms with Gasteiger partial charge in [-0.3, -0.25) is 0 Å². The van der Waals surface area contributed by atoms with Crippen molar-refractivity contribution in [3.8, 4) is 5.75 Å². The molecule has 0 N–H and O–H groups in total. The molecular weight excluding hydrogens is 263 g/mol. The average molecular weight is 277 g/mol. The normalized spacial score (nSPS) is 10.1. The summed E-state index contributed by atoms with van der Waals surface area (Å²) in [6.45, 7) is 2.09. The number of aryl methyl sites for hydroxylation is 1. The number of benzene rings is 2. The molecule has 0 aliphatic carbocycles. The Kier molecular flexibility index (Phi) is 3.66. The SMILES string of the molecule is COc1ccc([Se]c2ccccc2)cc1C. The molecule has 82 valence electrons. The molecule has 0 atom stereocenters. The first-order chi connectivity index (χ1) is 7.79. The summed E-state index contributed by atoms with van der Waals surface area (Å²) in [7, 11) is 1.71. The first kappa shape index (κ1) is 11.3. The van der Waals surface area contributed by atoms with E-state index < -0.39 is 0 Å². The summed E-state index contributed by atoms with van der Waals surface area (Å²) in [6, 6.07) is 17.0. The van der Waals surface area contributed by atoms with Crippen LogP contribution >= 0.6 is 0 Å². The van der Waals surface area contributed by atoms with E-state index in [-0.39, 0.29) is 0 Å². The van der Waals surface area contributed by atoms with E-state index in [4.69, 9.17) is 4.74 Å². The molecule has 1 nitrogen and oxygen atoms in total. The van der Waals surface area contributed by atoms with Crippen LogP contribution in [0.15, 0.2) is 48.5 Å². The summed E-state index contributed by atoms with van der Waals surface area (Å²) in [5, 5.41) is 0. The zero-order valence-electron chi connectivity index (χ0n) is 9.44. The van der Waals surface area contributed by atoms with E-state index in [9.17, 15) is 0 Å². The van der Waals surface area contributed by atoms with Crippen LogP contribution in [0.25, 0.3) is 0 Å². The van der Waals surface area contributed by atoms with Crippen LogP contribution < -0.4 is 13.7 Å². The standard InChI is InChI=1S/C14H14OSe/c1-11-10-13(8-9-14(11)15-2)16-12-6-4-3-5-7-12/h3-10H,1-2H3. The van der Waals surface area contributed by atoms with Crippen molar-refractivity contribution in [1.82, 2.24) is 0 Å². The van der Waals surface area contributed by atoms with Crippen LogP contribution in [-0.4, -0.2) is 22.1 Å². The molecule has 0 aromatic heterocycles. The molecule has 2 aromatic rings. The molecule has 0 unspecified atom stereocenters. The predicted octanol–water partition coefficient (Wildman–Crippen LogP) is 1.66. The molecule has 16 heavy (non-hydrogen) atoms. The number of hydrogen-bond donors (Lipinski definition) is 0. The van der Waals surface area contributed by atoms with E-state index in [0.29, 0.717) is 15.0 Å². The molecule has 2 heteroatoms. The Morgan fingerprint density at radius 3 is 2.31 bits per heavy atom. The molecule has 0 saturated heterocycles. The Hall–Kier alpha value is -1.24. The zero-order chi connectivity index (χ0) is 11.4. The van der Waals surface area contributed by atoms with Crippen molar-refractivity contribution in [3.05, 3.63) is 54.1 Å². The minimum atomic E-state index is 0.387. The fourth-order valence-corrected chi connectivity index (χ4v) is 3.51. The van der Waals surface area contributed by atoms with Crippen LogP contribution in [0.2, 0.25) is 0 Å². The first-order valence-electron chi connectivity index (χ1n) is 5.17. The number of methoxy groups -OCH3 is 1. The maximum absolute atomic E-state index is 5.26. The second-order valence-corrected chi connectivity index (χ2v) is 5.95. The van der Waals surface area contributed by atoms with Gasteiger partial charge in [0.1, 0.15) is 0 Å². The van der Waals surface area contributed by atoms with Gasteiger partial charge in [0.05, 0.1) is 0 Å². The molecule has 0 heterocycles. The van der Waals surface area contributed by atoms with Gasteiger partial charge in [0.2, 0.25) is 0 Å². The summed E-state index contributed by atoms with van der Waals surface area (Å²) in [5.41, 5.74) is 1.21. The summed E-state index contributed by atoms with van der Waals surface area (Å²) in [6.07, 6.45) is 0. The second-order valence-electron chi connectivity index (χ2n) is 3.55. The number of rotatable bonds is 3. The molecule has 0 aliphatic heterocycles. The Labute approximate surface area is 103 Å². The summed E-state index contributed by atoms with van der Waals surface area (Å²) in [4.78, 5) is 0. The molecule has 0 aliphatic rings. The molecule has 0 saturated carbocycles. The summed E-state index contributed by atoms with van der Waals surface area (Å²) in [5.74, 6) is 0.965. The zero-order valence-corrected chi connectivity index (χ0v) is 11.1. The van der Waals surface area contributed by atoms with Crippen molar-refractivity contribution in [2.45, 2.75) is 6.92 Å². The van der Waals surface area contributed by atoms with Crippen molar-refractivity contribution < 1.29 is 4.74 Å². The molecule has 2 aromatic carbocycles. The molecule has 0 radical (unpaired) electrons. The first-order valence-corrected chi connectivity index (χ1v) is 6.88. The Morgan fingerprint density at radius 1 is 0.938 bits per heavy atom. The molecule has 2 rings (SSSR count). The maximum atomic E-state index is 5.26. The van der Waals surface area contributed by atoms with Gasteiger partial charge in [-0.15, -0.1) is 0 Å². The van der Waals surface area contributed by atoms with Gasteiger partial charge in [0.25, 0.3) is 0 Å². The van der Waals surface area contributed by atoms with Crippen LogP contribution in [0.4, 0.5) is 0 Å². The third-order valence-corrected chi connectivity index (χ3v) is 4.44. The van der Waals surface area contributed by atoms with Crippen LogP contribution in [0.3, 0.4) is 0 Å². The Morgan fingerprint density at radius 2 is 1.69 bits per heavy atom. The van der Waals surface area contributed by atoms with E-state index >= 15 is 0 Å².